The maximum absolute atomic E-state index is 12.1. The lowest BCUT2D eigenvalue weighted by molar-refractivity contribution is -0.123. The molecular weight excluding hydrogens is 313 g/mol. The highest BCUT2D eigenvalue weighted by Crippen LogP contribution is 2.29. The molecular formula is C14H19Cl2N3O2. The minimum Gasteiger partial charge on any atom is -0.351 e. The molecule has 0 unspecified atom stereocenters. The summed E-state index contributed by atoms with van der Waals surface area (Å²) in [5.74, 6) is 0.796. The van der Waals surface area contributed by atoms with Crippen molar-refractivity contribution in [1.82, 2.24) is 15.1 Å². The van der Waals surface area contributed by atoms with Gasteiger partial charge in [0.1, 0.15) is 11.6 Å². The minimum atomic E-state index is -0.552. The molecule has 5 nitrogen and oxygen atoms in total. The van der Waals surface area contributed by atoms with E-state index < -0.39 is 5.56 Å². The molecule has 21 heavy (non-hydrogen) atoms. The Balaban J connectivity index is 2.02. The zero-order valence-electron chi connectivity index (χ0n) is 12.1. The molecule has 1 N–H and O–H groups in total. The Morgan fingerprint density at radius 1 is 1.43 bits per heavy atom. The van der Waals surface area contributed by atoms with E-state index in [1.807, 2.05) is 0 Å². The van der Waals surface area contributed by atoms with Gasteiger partial charge in [0.05, 0.1) is 11.2 Å². The molecule has 1 saturated carbocycles. The fourth-order valence-corrected chi connectivity index (χ4v) is 3.00. The van der Waals surface area contributed by atoms with Crippen LogP contribution in [0.15, 0.2) is 11.0 Å². The van der Waals surface area contributed by atoms with Gasteiger partial charge in [0.2, 0.25) is 5.91 Å². The Kier molecular flexibility index (Phi) is 5.27. The van der Waals surface area contributed by atoms with E-state index in [1.54, 1.807) is 0 Å². The molecule has 1 aromatic heterocycles. The smallest absolute Gasteiger partial charge is 0.287 e. The van der Waals surface area contributed by atoms with Crippen LogP contribution in [0, 0.1) is 11.8 Å². The molecule has 0 spiro atoms. The summed E-state index contributed by atoms with van der Waals surface area (Å²) in [6, 6.07) is 0.153. The highest BCUT2D eigenvalue weighted by molar-refractivity contribution is 6.41. The minimum absolute atomic E-state index is 0.0908. The number of nitrogens with zero attached hydrogens (tertiary/aromatic N) is 2. The van der Waals surface area contributed by atoms with Gasteiger partial charge in [-0.15, -0.1) is 0 Å². The van der Waals surface area contributed by atoms with Crippen molar-refractivity contribution in [2.45, 2.75) is 45.7 Å². The number of hydrogen-bond donors (Lipinski definition) is 1. The molecule has 7 heteroatoms. The Hall–Kier alpha value is -1.07. The lowest BCUT2D eigenvalue weighted by Gasteiger charge is -2.34. The van der Waals surface area contributed by atoms with E-state index in [2.05, 4.69) is 24.3 Å². The van der Waals surface area contributed by atoms with Crippen molar-refractivity contribution in [2.24, 2.45) is 11.8 Å². The quantitative estimate of drug-likeness (QED) is 0.925. The van der Waals surface area contributed by atoms with Crippen LogP contribution in [0.2, 0.25) is 10.0 Å². The lowest BCUT2D eigenvalue weighted by Crippen LogP contribution is -2.45. The fourth-order valence-electron chi connectivity index (χ4n) is 2.73. The molecule has 0 aromatic carbocycles. The van der Waals surface area contributed by atoms with E-state index in [0.29, 0.717) is 11.8 Å². The third-order valence-electron chi connectivity index (χ3n) is 4.29. The van der Waals surface area contributed by atoms with Crippen LogP contribution in [0.3, 0.4) is 0 Å². The molecule has 0 bridgehead atoms. The molecule has 1 aliphatic carbocycles. The third kappa shape index (κ3) is 3.77. The van der Waals surface area contributed by atoms with E-state index in [0.717, 1.165) is 17.5 Å². The normalized spacial score (nSPS) is 25.6. The molecule has 0 aliphatic heterocycles. The number of carbonyl (C=O) groups is 1. The van der Waals surface area contributed by atoms with Gasteiger partial charge in [-0.3, -0.25) is 9.59 Å². The van der Waals surface area contributed by atoms with Crippen LogP contribution < -0.4 is 10.9 Å². The molecule has 1 amide bonds. The number of nitrogens with one attached hydrogen (secondary N) is 1. The maximum atomic E-state index is 12.1. The SMILES string of the molecule is C[C@H]1[C@H](C)CCC[C@@H]1NC(=O)Cn1ncc(Cl)c(Cl)c1=O. The van der Waals surface area contributed by atoms with E-state index in [9.17, 15) is 9.59 Å². The topological polar surface area (TPSA) is 64.0 Å². The summed E-state index contributed by atoms with van der Waals surface area (Å²) >= 11 is 11.5. The first-order chi connectivity index (χ1) is 9.90. The van der Waals surface area contributed by atoms with Crippen molar-refractivity contribution in [2.75, 3.05) is 0 Å². The number of halogens is 2. The number of carbonyl (C=O) groups excluding carboxylic acids is 1. The fraction of sp³-hybridized carbons (Fsp3) is 0.643. The van der Waals surface area contributed by atoms with Gasteiger partial charge < -0.3 is 5.32 Å². The largest absolute Gasteiger partial charge is 0.351 e. The van der Waals surface area contributed by atoms with Crippen LogP contribution in [0.25, 0.3) is 0 Å². The second-order valence-corrected chi connectivity index (χ2v) is 6.50. The van der Waals surface area contributed by atoms with Gasteiger partial charge in [-0.1, -0.05) is 49.9 Å². The molecule has 1 aliphatic rings. The van der Waals surface area contributed by atoms with Gasteiger partial charge in [-0.25, -0.2) is 4.68 Å². The number of aromatic nitrogens is 2. The molecule has 116 valence electrons. The van der Waals surface area contributed by atoms with Gasteiger partial charge in [-0.05, 0) is 18.3 Å². The number of amides is 1. The van der Waals surface area contributed by atoms with Crippen LogP contribution in [0.4, 0.5) is 0 Å². The summed E-state index contributed by atoms with van der Waals surface area (Å²) in [6.07, 6.45) is 4.55. The van der Waals surface area contributed by atoms with Gasteiger partial charge in [0.25, 0.3) is 5.56 Å². The standard InChI is InChI=1S/C14H19Cl2N3O2/c1-8-4-3-5-11(9(8)2)18-12(20)7-19-14(21)13(16)10(15)6-17-19/h6,8-9,11H,3-5,7H2,1-2H3,(H,18,20)/t8-,9+,11+/m1/s1. The van der Waals surface area contributed by atoms with Crippen molar-refractivity contribution in [3.05, 3.63) is 26.6 Å². The first kappa shape index (κ1) is 16.3. The first-order valence-electron chi connectivity index (χ1n) is 7.10. The summed E-state index contributed by atoms with van der Waals surface area (Å²) in [5.41, 5.74) is -0.552. The third-order valence-corrected chi connectivity index (χ3v) is 5.04. The van der Waals surface area contributed by atoms with Gasteiger partial charge in [-0.2, -0.15) is 5.10 Å². The van der Waals surface area contributed by atoms with Crippen LogP contribution >= 0.6 is 23.2 Å². The predicted octanol–water partition coefficient (Wildman–Crippen LogP) is 2.49. The molecule has 1 fully saturated rings. The highest BCUT2D eigenvalue weighted by Gasteiger charge is 2.28. The molecule has 0 radical (unpaired) electrons. The first-order valence-corrected chi connectivity index (χ1v) is 7.86. The average Bonchev–Trinajstić information content (AvgIpc) is 2.45. The van der Waals surface area contributed by atoms with Gasteiger partial charge in [0, 0.05) is 6.04 Å². The summed E-state index contributed by atoms with van der Waals surface area (Å²) in [5, 5.41) is 6.81. The lowest BCUT2D eigenvalue weighted by atomic mass is 9.78. The Morgan fingerprint density at radius 3 is 2.86 bits per heavy atom. The highest BCUT2D eigenvalue weighted by atomic mass is 35.5. The number of rotatable bonds is 3. The van der Waals surface area contributed by atoms with Crippen molar-refractivity contribution in [1.29, 1.82) is 0 Å². The predicted molar refractivity (Wildman–Crippen MR) is 82.6 cm³/mol. The van der Waals surface area contributed by atoms with E-state index >= 15 is 0 Å². The zero-order chi connectivity index (χ0) is 15.6. The van der Waals surface area contributed by atoms with Crippen LogP contribution in [0.5, 0.6) is 0 Å². The molecule has 2 rings (SSSR count). The van der Waals surface area contributed by atoms with Crippen LogP contribution in [-0.4, -0.2) is 21.7 Å². The second kappa shape index (κ2) is 6.79. The van der Waals surface area contributed by atoms with E-state index in [1.165, 1.54) is 12.6 Å². The maximum Gasteiger partial charge on any atom is 0.287 e. The van der Waals surface area contributed by atoms with Gasteiger partial charge in [0.15, 0.2) is 0 Å². The molecule has 1 heterocycles. The Bertz CT molecular complexity index is 588. The van der Waals surface area contributed by atoms with E-state index in [-0.39, 0.29) is 28.5 Å². The van der Waals surface area contributed by atoms with Crippen molar-refractivity contribution in [3.8, 4) is 0 Å². The molecule has 3 atom stereocenters. The number of hydrogen-bond acceptors (Lipinski definition) is 3. The second-order valence-electron chi connectivity index (χ2n) is 5.71. The van der Waals surface area contributed by atoms with Crippen molar-refractivity contribution in [3.63, 3.8) is 0 Å². The van der Waals surface area contributed by atoms with Crippen molar-refractivity contribution < 1.29 is 4.79 Å². The average molecular weight is 332 g/mol. The molecule has 1 aromatic rings. The molecule has 0 saturated heterocycles. The summed E-state index contributed by atoms with van der Waals surface area (Å²) in [7, 11) is 0. The van der Waals surface area contributed by atoms with Gasteiger partial charge >= 0.3 is 0 Å². The van der Waals surface area contributed by atoms with E-state index in [4.69, 9.17) is 23.2 Å². The Morgan fingerprint density at radius 2 is 2.14 bits per heavy atom. The summed E-state index contributed by atoms with van der Waals surface area (Å²) in [4.78, 5) is 23.9. The summed E-state index contributed by atoms with van der Waals surface area (Å²) in [6.45, 7) is 4.21. The monoisotopic (exact) mass is 331 g/mol. The van der Waals surface area contributed by atoms with Crippen LogP contribution in [-0.2, 0) is 11.3 Å². The summed E-state index contributed by atoms with van der Waals surface area (Å²) < 4.78 is 1.03. The van der Waals surface area contributed by atoms with Crippen molar-refractivity contribution >= 4 is 29.1 Å². The van der Waals surface area contributed by atoms with Crippen LogP contribution in [0.1, 0.15) is 33.1 Å². The zero-order valence-corrected chi connectivity index (χ0v) is 13.6. The Labute approximate surface area is 133 Å².